The topological polar surface area (TPSA) is 17.1 Å². The number of rotatable bonds is 5. The third kappa shape index (κ3) is 3.04. The summed E-state index contributed by atoms with van der Waals surface area (Å²) in [7, 11) is -2.98. The van der Waals surface area contributed by atoms with E-state index in [1.165, 1.54) is 0 Å². The minimum absolute atomic E-state index is 0.801. The number of hydrogen-bond donors (Lipinski definition) is 0. The van der Waals surface area contributed by atoms with Crippen LogP contribution in [-0.2, 0) is 4.57 Å². The van der Waals surface area contributed by atoms with E-state index in [2.05, 4.69) is 6.58 Å². The highest BCUT2D eigenvalue weighted by Crippen LogP contribution is 2.56. The molecule has 118 valence electrons. The van der Waals surface area contributed by atoms with Gasteiger partial charge in [-0.15, -0.1) is 0 Å². The van der Waals surface area contributed by atoms with E-state index in [1.54, 1.807) is 6.08 Å². The second kappa shape index (κ2) is 7.29. The third-order valence-electron chi connectivity index (χ3n) is 3.92. The summed E-state index contributed by atoms with van der Waals surface area (Å²) >= 11 is 0. The van der Waals surface area contributed by atoms with Gasteiger partial charge in [-0.3, -0.25) is 0 Å². The minimum atomic E-state index is -2.98. The zero-order valence-corrected chi connectivity index (χ0v) is 14.3. The third-order valence-corrected chi connectivity index (χ3v) is 7.06. The average molecular weight is 330 g/mol. The van der Waals surface area contributed by atoms with Crippen LogP contribution in [0.5, 0.6) is 0 Å². The Morgan fingerprint density at radius 3 is 1.54 bits per heavy atom. The van der Waals surface area contributed by atoms with Crippen LogP contribution in [0.15, 0.2) is 110 Å². The molecule has 0 heterocycles. The Morgan fingerprint density at radius 1 is 0.708 bits per heavy atom. The van der Waals surface area contributed by atoms with Crippen molar-refractivity contribution >= 4 is 23.1 Å². The summed E-state index contributed by atoms with van der Waals surface area (Å²) in [6.45, 7) is 3.83. The van der Waals surface area contributed by atoms with Crippen molar-refractivity contribution in [2.75, 3.05) is 0 Å². The van der Waals surface area contributed by atoms with Crippen LogP contribution in [0.4, 0.5) is 0 Å². The summed E-state index contributed by atoms with van der Waals surface area (Å²) in [5, 5.41) is 2.46. The second-order valence-corrected chi connectivity index (χ2v) is 8.17. The minimum Gasteiger partial charge on any atom is -0.309 e. The van der Waals surface area contributed by atoms with Crippen molar-refractivity contribution < 1.29 is 4.57 Å². The van der Waals surface area contributed by atoms with Crippen LogP contribution in [-0.4, -0.2) is 0 Å². The van der Waals surface area contributed by atoms with E-state index in [0.717, 1.165) is 21.5 Å². The first-order valence-electron chi connectivity index (χ1n) is 7.87. The van der Waals surface area contributed by atoms with Crippen molar-refractivity contribution in [2.24, 2.45) is 0 Å². The largest absolute Gasteiger partial charge is 0.309 e. The number of benzene rings is 3. The predicted molar refractivity (Wildman–Crippen MR) is 104 cm³/mol. The summed E-state index contributed by atoms with van der Waals surface area (Å²) < 4.78 is 14.4. The lowest BCUT2D eigenvalue weighted by Crippen LogP contribution is -2.17. The average Bonchev–Trinajstić information content (AvgIpc) is 2.67. The fraction of sp³-hybridized carbons (Fsp3) is 0. The highest BCUT2D eigenvalue weighted by Gasteiger charge is 2.32. The molecule has 3 rings (SSSR count). The molecule has 0 aliphatic rings. The first-order valence-corrected chi connectivity index (χ1v) is 9.57. The summed E-state index contributed by atoms with van der Waals surface area (Å²) in [5.41, 5.74) is 0.952. The highest BCUT2D eigenvalue weighted by atomic mass is 31.2. The van der Waals surface area contributed by atoms with E-state index in [1.807, 2.05) is 97.1 Å². The SMILES string of the molecule is C=CC=C(c1ccccc1)P(=O)(c1ccccc1)c1ccccc1. The maximum absolute atomic E-state index is 14.4. The molecule has 0 fully saturated rings. The molecule has 0 bridgehead atoms. The lowest BCUT2D eigenvalue weighted by molar-refractivity contribution is 0.593. The fourth-order valence-electron chi connectivity index (χ4n) is 2.81. The summed E-state index contributed by atoms with van der Waals surface area (Å²) in [5.74, 6) is 0. The lowest BCUT2D eigenvalue weighted by Gasteiger charge is -2.23. The van der Waals surface area contributed by atoms with E-state index < -0.39 is 7.14 Å². The Hall–Kier alpha value is -2.63. The summed E-state index contributed by atoms with van der Waals surface area (Å²) in [6.07, 6.45) is 3.58. The van der Waals surface area contributed by atoms with E-state index in [0.29, 0.717) is 0 Å². The van der Waals surface area contributed by atoms with Crippen LogP contribution in [0, 0.1) is 0 Å². The highest BCUT2D eigenvalue weighted by molar-refractivity contribution is 7.87. The first-order chi connectivity index (χ1) is 11.8. The van der Waals surface area contributed by atoms with Crippen molar-refractivity contribution in [3.8, 4) is 0 Å². The molecule has 2 heteroatoms. The van der Waals surface area contributed by atoms with Gasteiger partial charge in [0, 0.05) is 15.9 Å². The molecular formula is C22H19OP. The Labute approximate surface area is 143 Å². The van der Waals surface area contributed by atoms with Gasteiger partial charge in [-0.25, -0.2) is 0 Å². The predicted octanol–water partition coefficient (Wildman–Crippen LogP) is 5.23. The molecular weight excluding hydrogens is 311 g/mol. The zero-order chi connectivity index (χ0) is 16.8. The second-order valence-electron chi connectivity index (χ2n) is 5.43. The van der Waals surface area contributed by atoms with Gasteiger partial charge in [0.2, 0.25) is 0 Å². The summed E-state index contributed by atoms with van der Waals surface area (Å²) in [4.78, 5) is 0. The van der Waals surface area contributed by atoms with Crippen molar-refractivity contribution in [3.63, 3.8) is 0 Å². The van der Waals surface area contributed by atoms with Gasteiger partial charge in [0.25, 0.3) is 0 Å². The fourth-order valence-corrected chi connectivity index (χ4v) is 5.67. The quantitative estimate of drug-likeness (QED) is 0.462. The van der Waals surface area contributed by atoms with E-state index in [9.17, 15) is 4.57 Å². The number of allylic oxidation sites excluding steroid dienone is 2. The molecule has 0 aromatic heterocycles. The molecule has 1 nitrogen and oxygen atoms in total. The molecule has 0 saturated carbocycles. The summed E-state index contributed by atoms with van der Waals surface area (Å²) in [6, 6.07) is 29.2. The Bertz CT molecular complexity index is 838. The van der Waals surface area contributed by atoms with Gasteiger partial charge in [0.05, 0.1) is 0 Å². The molecule has 0 radical (unpaired) electrons. The van der Waals surface area contributed by atoms with Crippen molar-refractivity contribution in [1.29, 1.82) is 0 Å². The van der Waals surface area contributed by atoms with Crippen molar-refractivity contribution in [1.82, 2.24) is 0 Å². The molecule has 0 unspecified atom stereocenters. The monoisotopic (exact) mass is 330 g/mol. The molecule has 0 spiro atoms. The van der Waals surface area contributed by atoms with Gasteiger partial charge >= 0.3 is 0 Å². The Morgan fingerprint density at radius 2 is 1.12 bits per heavy atom. The van der Waals surface area contributed by atoms with Crippen LogP contribution >= 0.6 is 7.14 Å². The molecule has 24 heavy (non-hydrogen) atoms. The standard InChI is InChI=1S/C22H19OP/c1-2-12-22(19-13-6-3-7-14-19)24(23,20-15-8-4-9-16-20)21-17-10-5-11-18-21/h2-18H,1H2. The molecule has 0 aliphatic carbocycles. The molecule has 0 saturated heterocycles. The van der Waals surface area contributed by atoms with Crippen LogP contribution in [0.3, 0.4) is 0 Å². The lowest BCUT2D eigenvalue weighted by atomic mass is 10.2. The van der Waals surface area contributed by atoms with Gasteiger partial charge in [-0.1, -0.05) is 110 Å². The van der Waals surface area contributed by atoms with Gasteiger partial charge in [0.1, 0.15) is 0 Å². The van der Waals surface area contributed by atoms with Gasteiger partial charge in [-0.05, 0) is 5.56 Å². The smallest absolute Gasteiger partial charge is 0.171 e. The normalized spacial score (nSPS) is 11.9. The van der Waals surface area contributed by atoms with Gasteiger partial charge in [-0.2, -0.15) is 0 Å². The van der Waals surface area contributed by atoms with E-state index in [-0.39, 0.29) is 0 Å². The molecule has 0 aliphatic heterocycles. The van der Waals surface area contributed by atoms with E-state index >= 15 is 0 Å². The molecule has 3 aromatic carbocycles. The van der Waals surface area contributed by atoms with Crippen LogP contribution in [0.2, 0.25) is 0 Å². The van der Waals surface area contributed by atoms with Gasteiger partial charge in [0.15, 0.2) is 7.14 Å². The molecule has 0 atom stereocenters. The van der Waals surface area contributed by atoms with E-state index in [4.69, 9.17) is 0 Å². The van der Waals surface area contributed by atoms with Crippen LogP contribution < -0.4 is 10.6 Å². The molecule has 3 aromatic rings. The van der Waals surface area contributed by atoms with Gasteiger partial charge < -0.3 is 4.57 Å². The molecule has 0 N–H and O–H groups in total. The van der Waals surface area contributed by atoms with Crippen LogP contribution in [0.25, 0.3) is 5.31 Å². The van der Waals surface area contributed by atoms with Crippen LogP contribution in [0.1, 0.15) is 5.56 Å². The number of hydrogen-bond acceptors (Lipinski definition) is 1. The Balaban J connectivity index is 2.31. The molecule has 0 amide bonds. The van der Waals surface area contributed by atoms with Crippen molar-refractivity contribution in [3.05, 3.63) is 115 Å². The first kappa shape index (κ1) is 16.2. The van der Waals surface area contributed by atoms with Crippen molar-refractivity contribution in [2.45, 2.75) is 0 Å². The maximum Gasteiger partial charge on any atom is 0.171 e. The zero-order valence-electron chi connectivity index (χ0n) is 13.4. The maximum atomic E-state index is 14.4. The Kier molecular flexibility index (Phi) is 4.93.